The van der Waals surface area contributed by atoms with Crippen LogP contribution in [0.4, 0.5) is 8.78 Å². The van der Waals surface area contributed by atoms with Gasteiger partial charge in [0.05, 0.1) is 5.71 Å². The zero-order valence-corrected chi connectivity index (χ0v) is 20.6. The lowest BCUT2D eigenvalue weighted by molar-refractivity contribution is 0.365. The smallest absolute Gasteiger partial charge is 0.138 e. The van der Waals surface area contributed by atoms with Crippen molar-refractivity contribution >= 4 is 34.9 Å². The summed E-state index contributed by atoms with van der Waals surface area (Å²) in [5.74, 6) is 0.977. The zero-order chi connectivity index (χ0) is 23.7. The summed E-state index contributed by atoms with van der Waals surface area (Å²) in [5.41, 5.74) is 2.81. The van der Waals surface area contributed by atoms with Gasteiger partial charge in [-0.25, -0.2) is 8.78 Å². The van der Waals surface area contributed by atoms with Crippen LogP contribution in [0.2, 0.25) is 5.02 Å². The van der Waals surface area contributed by atoms with Crippen LogP contribution >= 0.6 is 23.4 Å². The van der Waals surface area contributed by atoms with E-state index in [9.17, 15) is 8.78 Å². The van der Waals surface area contributed by atoms with Gasteiger partial charge >= 0.3 is 0 Å². The number of likely N-dealkylation sites (N-methyl/N-ethyl adjacent to an activating group) is 1. The number of alkyl halides is 1. The number of nitrogens with one attached hydrogen (secondary N) is 1. The second-order valence-corrected chi connectivity index (χ2v) is 10.2. The largest absolute Gasteiger partial charge is 0.361 e. The van der Waals surface area contributed by atoms with Crippen molar-refractivity contribution in [3.05, 3.63) is 69.6 Å². The molecule has 1 aromatic rings. The van der Waals surface area contributed by atoms with Crippen LogP contribution in [-0.4, -0.2) is 46.5 Å². The van der Waals surface area contributed by atoms with Gasteiger partial charge in [0.2, 0.25) is 0 Å². The van der Waals surface area contributed by atoms with Crippen molar-refractivity contribution in [1.82, 2.24) is 9.80 Å². The van der Waals surface area contributed by atoms with E-state index >= 15 is 0 Å². The Bertz CT molecular complexity index is 1050. The minimum Gasteiger partial charge on any atom is -0.361 e. The van der Waals surface area contributed by atoms with E-state index < -0.39 is 18.0 Å². The number of rotatable bonds is 7. The fourth-order valence-electron chi connectivity index (χ4n) is 4.54. The zero-order valence-electron chi connectivity index (χ0n) is 19.1. The second-order valence-electron chi connectivity index (χ2n) is 8.78. The first-order chi connectivity index (χ1) is 15.8. The van der Waals surface area contributed by atoms with Crippen LogP contribution in [0.3, 0.4) is 0 Å². The SMILES string of the molecule is CC[C@H]1CC2=C(C(=N)/C=C\CC(C)F)[C@H](c3ccc(F)cc3Cl)N=C(C3SC=CN3C)N2C1. The molecule has 0 spiro atoms. The Labute approximate surface area is 203 Å². The Hall–Kier alpha value is -2.12. The molecular weight excluding hydrogens is 462 g/mol. The molecule has 2 unspecified atom stereocenters. The Morgan fingerprint density at radius 2 is 2.21 bits per heavy atom. The number of hydrogen-bond donors (Lipinski definition) is 1. The van der Waals surface area contributed by atoms with Crippen LogP contribution in [0.1, 0.15) is 44.7 Å². The van der Waals surface area contributed by atoms with Gasteiger partial charge in [-0.05, 0) is 49.3 Å². The third-order valence-electron chi connectivity index (χ3n) is 6.34. The monoisotopic (exact) mass is 490 g/mol. The van der Waals surface area contributed by atoms with E-state index in [1.165, 1.54) is 19.1 Å². The Balaban J connectivity index is 1.84. The van der Waals surface area contributed by atoms with E-state index in [1.807, 2.05) is 13.2 Å². The third kappa shape index (κ3) is 4.90. The first-order valence-corrected chi connectivity index (χ1v) is 12.6. The molecule has 0 radical (unpaired) electrons. The molecule has 3 heterocycles. The van der Waals surface area contributed by atoms with Gasteiger partial charge in [0.25, 0.3) is 0 Å². The Morgan fingerprint density at radius 1 is 1.42 bits per heavy atom. The van der Waals surface area contributed by atoms with Crippen molar-refractivity contribution in [3.8, 4) is 0 Å². The molecule has 4 rings (SSSR count). The number of allylic oxidation sites excluding steroid dienone is 3. The highest BCUT2D eigenvalue weighted by atomic mass is 35.5. The summed E-state index contributed by atoms with van der Waals surface area (Å²) in [4.78, 5) is 9.55. The maximum absolute atomic E-state index is 13.9. The van der Waals surface area contributed by atoms with Crippen LogP contribution in [0, 0.1) is 17.1 Å². The first-order valence-electron chi connectivity index (χ1n) is 11.3. The van der Waals surface area contributed by atoms with Crippen LogP contribution in [-0.2, 0) is 0 Å². The molecule has 0 saturated carbocycles. The number of benzene rings is 1. The summed E-state index contributed by atoms with van der Waals surface area (Å²) >= 11 is 8.20. The molecule has 0 amide bonds. The quantitative estimate of drug-likeness (QED) is 0.431. The lowest BCUT2D eigenvalue weighted by Crippen LogP contribution is -2.44. The topological polar surface area (TPSA) is 42.7 Å². The van der Waals surface area contributed by atoms with E-state index in [-0.39, 0.29) is 11.8 Å². The van der Waals surface area contributed by atoms with Crippen LogP contribution in [0.15, 0.2) is 58.2 Å². The molecule has 0 aliphatic carbocycles. The highest BCUT2D eigenvalue weighted by Gasteiger charge is 2.42. The molecule has 33 heavy (non-hydrogen) atoms. The molecule has 0 bridgehead atoms. The van der Waals surface area contributed by atoms with E-state index in [1.54, 1.807) is 30.0 Å². The van der Waals surface area contributed by atoms with Crippen molar-refractivity contribution in [1.29, 1.82) is 5.41 Å². The molecule has 1 N–H and O–H groups in total. The van der Waals surface area contributed by atoms with Crippen molar-refractivity contribution < 1.29 is 8.78 Å². The molecule has 8 heteroatoms. The molecule has 1 saturated heterocycles. The second kappa shape index (κ2) is 10.0. The van der Waals surface area contributed by atoms with Gasteiger partial charge in [-0.2, -0.15) is 0 Å². The normalized spacial score (nSPS) is 25.8. The molecule has 0 aromatic heterocycles. The molecule has 176 valence electrons. The molecule has 1 aromatic carbocycles. The standard InChI is InChI=1S/C25H29ClF2N4S/c1-4-16-12-21-22(20(29)7-5-6-15(2)27)23(18-9-8-17(28)13-19(18)26)30-24(32(21)14-16)25-31(3)10-11-33-25/h5,7-11,13,15-16,23,25,29H,4,6,12,14H2,1-3H3/b7-5-,29-20?/t15?,16-,23-,25?/m0/s1. The van der Waals surface area contributed by atoms with Gasteiger partial charge in [0, 0.05) is 41.6 Å². The van der Waals surface area contributed by atoms with Crippen LogP contribution in [0.25, 0.3) is 0 Å². The minimum absolute atomic E-state index is 0.0241. The molecule has 4 atom stereocenters. The minimum atomic E-state index is -0.972. The van der Waals surface area contributed by atoms with E-state index in [0.717, 1.165) is 36.5 Å². The Morgan fingerprint density at radius 3 is 2.85 bits per heavy atom. The van der Waals surface area contributed by atoms with Gasteiger partial charge in [0.15, 0.2) is 0 Å². The van der Waals surface area contributed by atoms with Gasteiger partial charge in [0.1, 0.15) is 29.2 Å². The highest BCUT2D eigenvalue weighted by Crippen LogP contribution is 2.45. The number of amidine groups is 1. The van der Waals surface area contributed by atoms with Crippen LogP contribution in [0.5, 0.6) is 0 Å². The lowest BCUT2D eigenvalue weighted by Gasteiger charge is -2.37. The van der Waals surface area contributed by atoms with Gasteiger partial charge < -0.3 is 15.2 Å². The maximum atomic E-state index is 13.9. The van der Waals surface area contributed by atoms with E-state index in [0.29, 0.717) is 22.2 Å². The number of halogens is 3. The number of nitrogens with zero attached hydrogens (tertiary/aromatic N) is 3. The fourth-order valence-corrected chi connectivity index (χ4v) is 5.79. The number of fused-ring (bicyclic) bond motifs is 1. The molecular formula is C25H29ClF2N4S. The van der Waals surface area contributed by atoms with E-state index in [4.69, 9.17) is 22.0 Å². The summed E-state index contributed by atoms with van der Waals surface area (Å²) in [5, 5.41) is 11.3. The third-order valence-corrected chi connectivity index (χ3v) is 7.74. The van der Waals surface area contributed by atoms with Gasteiger partial charge in [-0.3, -0.25) is 4.99 Å². The summed E-state index contributed by atoms with van der Waals surface area (Å²) in [7, 11) is 2.03. The summed E-state index contributed by atoms with van der Waals surface area (Å²) < 4.78 is 27.2. The van der Waals surface area contributed by atoms with Gasteiger partial charge in [-0.15, -0.1) is 0 Å². The van der Waals surface area contributed by atoms with Crippen molar-refractivity contribution in [2.24, 2.45) is 10.9 Å². The molecule has 4 nitrogen and oxygen atoms in total. The summed E-state index contributed by atoms with van der Waals surface area (Å²) in [6.45, 7) is 4.53. The van der Waals surface area contributed by atoms with Crippen molar-refractivity contribution in [3.63, 3.8) is 0 Å². The highest BCUT2D eigenvalue weighted by molar-refractivity contribution is 8.03. The van der Waals surface area contributed by atoms with Crippen LogP contribution < -0.4 is 0 Å². The van der Waals surface area contributed by atoms with E-state index in [2.05, 4.69) is 22.1 Å². The summed E-state index contributed by atoms with van der Waals surface area (Å²) in [6, 6.07) is 3.82. The Kier molecular flexibility index (Phi) is 7.29. The number of thioether (sulfide) groups is 1. The van der Waals surface area contributed by atoms with Gasteiger partial charge in [-0.1, -0.05) is 48.8 Å². The number of aliphatic imine (C=N–C) groups is 1. The maximum Gasteiger partial charge on any atom is 0.138 e. The van der Waals surface area contributed by atoms with Crippen molar-refractivity contribution in [2.75, 3.05) is 13.6 Å². The average Bonchev–Trinajstić information content (AvgIpc) is 3.38. The molecule has 1 fully saturated rings. The number of hydrogen-bond acceptors (Lipinski definition) is 5. The predicted octanol–water partition coefficient (Wildman–Crippen LogP) is 6.72. The molecule has 3 aliphatic heterocycles. The fraction of sp³-hybridized carbons (Fsp3) is 0.440. The lowest BCUT2D eigenvalue weighted by atomic mass is 9.90. The summed E-state index contributed by atoms with van der Waals surface area (Å²) in [6.07, 6.45) is 6.54. The average molecular weight is 491 g/mol. The molecule has 3 aliphatic rings. The van der Waals surface area contributed by atoms with Crippen molar-refractivity contribution in [2.45, 2.75) is 50.7 Å². The first kappa shape index (κ1) is 24.0. The predicted molar refractivity (Wildman–Crippen MR) is 134 cm³/mol.